The minimum absolute atomic E-state index is 0.287. The molecule has 116 valence electrons. The fraction of sp³-hybridized carbons (Fsp3) is 0.0625. The average molecular weight is 328 g/mol. The first kappa shape index (κ1) is 16.5. The van der Waals surface area contributed by atoms with Crippen molar-refractivity contribution in [3.63, 3.8) is 0 Å². The Kier molecular flexibility index (Phi) is 5.67. The summed E-state index contributed by atoms with van der Waals surface area (Å²) in [5.41, 5.74) is -0.376. The molecule has 0 spiro atoms. The highest BCUT2D eigenvalue weighted by Crippen LogP contribution is 2.48. The van der Waals surface area contributed by atoms with E-state index in [0.29, 0.717) is 11.5 Å². The van der Waals surface area contributed by atoms with Crippen molar-refractivity contribution in [3.8, 4) is 17.6 Å². The van der Waals surface area contributed by atoms with Crippen molar-refractivity contribution in [2.45, 2.75) is 0 Å². The first-order valence-corrected chi connectivity index (χ1v) is 8.36. The van der Waals surface area contributed by atoms with Gasteiger partial charge in [0.1, 0.15) is 17.6 Å². The standard InChI is InChI=1S/C16H13N2O4P/c17-11-14(12-19)18-13-23(20,21-15-7-3-1-4-8-15)22-16-9-5-2-6-10-16/h1-10,12H,13H2. The van der Waals surface area contributed by atoms with Crippen LogP contribution in [0.2, 0.25) is 0 Å². The average Bonchev–Trinajstić information content (AvgIpc) is 2.57. The molecule has 2 rings (SSSR count). The molecule has 0 saturated carbocycles. The van der Waals surface area contributed by atoms with E-state index in [1.807, 2.05) is 0 Å². The maximum atomic E-state index is 12.9. The minimum atomic E-state index is -3.74. The Bertz CT molecular complexity index is 724. The largest absolute Gasteiger partial charge is 0.452 e. The second kappa shape index (κ2) is 7.92. The maximum absolute atomic E-state index is 12.9. The lowest BCUT2D eigenvalue weighted by atomic mass is 10.3. The topological polar surface area (TPSA) is 88.8 Å². The molecule has 6 nitrogen and oxygen atoms in total. The predicted octanol–water partition coefficient (Wildman–Crippen LogP) is 3.46. The van der Waals surface area contributed by atoms with E-state index in [9.17, 15) is 9.36 Å². The van der Waals surface area contributed by atoms with Crippen molar-refractivity contribution >= 4 is 19.6 Å². The summed E-state index contributed by atoms with van der Waals surface area (Å²) in [5, 5.41) is 8.72. The van der Waals surface area contributed by atoms with Gasteiger partial charge < -0.3 is 9.05 Å². The van der Waals surface area contributed by atoms with E-state index in [0.717, 1.165) is 0 Å². The summed E-state index contributed by atoms with van der Waals surface area (Å²) in [6, 6.07) is 18.5. The number of carbonyl (C=O) groups is 1. The molecule has 0 aliphatic heterocycles. The molecule has 0 amide bonds. The molecule has 0 aliphatic rings. The zero-order chi connectivity index (χ0) is 16.5. The number of para-hydroxylation sites is 2. The van der Waals surface area contributed by atoms with Crippen LogP contribution in [0, 0.1) is 11.3 Å². The number of nitrogens with zero attached hydrogens (tertiary/aromatic N) is 2. The number of nitriles is 1. The number of rotatable bonds is 7. The normalized spacial score (nSPS) is 11.3. The van der Waals surface area contributed by atoms with E-state index in [-0.39, 0.29) is 12.0 Å². The number of benzene rings is 2. The Morgan fingerprint density at radius 2 is 1.52 bits per heavy atom. The fourth-order valence-electron chi connectivity index (χ4n) is 1.62. The van der Waals surface area contributed by atoms with Crippen LogP contribution in [0.1, 0.15) is 0 Å². The van der Waals surface area contributed by atoms with Gasteiger partial charge in [0.05, 0.1) is 0 Å². The molecule has 0 unspecified atom stereocenters. The third-order valence-electron chi connectivity index (χ3n) is 2.62. The first-order valence-electron chi connectivity index (χ1n) is 6.63. The third kappa shape index (κ3) is 5.10. The molecule has 23 heavy (non-hydrogen) atoms. The van der Waals surface area contributed by atoms with Crippen molar-refractivity contribution in [2.24, 2.45) is 4.99 Å². The van der Waals surface area contributed by atoms with Gasteiger partial charge in [-0.3, -0.25) is 9.79 Å². The van der Waals surface area contributed by atoms with Crippen LogP contribution in [-0.4, -0.2) is 18.3 Å². The van der Waals surface area contributed by atoms with Crippen LogP contribution < -0.4 is 9.05 Å². The van der Waals surface area contributed by atoms with Crippen LogP contribution in [0.15, 0.2) is 65.7 Å². The highest BCUT2D eigenvalue weighted by molar-refractivity contribution is 7.54. The molecule has 0 atom stereocenters. The van der Waals surface area contributed by atoms with Gasteiger partial charge in [-0.15, -0.1) is 0 Å². The van der Waals surface area contributed by atoms with E-state index < -0.39 is 13.9 Å². The van der Waals surface area contributed by atoms with E-state index in [1.54, 1.807) is 66.7 Å². The SMILES string of the molecule is N#CC(C=O)=NCP(=O)(Oc1ccccc1)Oc1ccccc1. The Balaban J connectivity index is 2.26. The Morgan fingerprint density at radius 3 is 1.91 bits per heavy atom. The molecular formula is C16H13N2O4P. The Morgan fingerprint density at radius 1 is 1.04 bits per heavy atom. The summed E-state index contributed by atoms with van der Waals surface area (Å²) >= 11 is 0. The van der Waals surface area contributed by atoms with Crippen LogP contribution in [0.25, 0.3) is 0 Å². The second-order valence-electron chi connectivity index (χ2n) is 4.33. The lowest BCUT2D eigenvalue weighted by molar-refractivity contribution is -0.102. The molecule has 7 heteroatoms. The van der Waals surface area contributed by atoms with E-state index in [1.165, 1.54) is 0 Å². The summed E-state index contributed by atoms with van der Waals surface area (Å²) < 4.78 is 23.8. The predicted molar refractivity (Wildman–Crippen MR) is 85.7 cm³/mol. The molecule has 2 aromatic carbocycles. The molecule has 0 radical (unpaired) electrons. The van der Waals surface area contributed by atoms with E-state index >= 15 is 0 Å². The Labute approximate surface area is 133 Å². The highest BCUT2D eigenvalue weighted by atomic mass is 31.2. The highest BCUT2D eigenvalue weighted by Gasteiger charge is 2.28. The van der Waals surface area contributed by atoms with E-state index in [2.05, 4.69) is 4.99 Å². The van der Waals surface area contributed by atoms with Crippen molar-refractivity contribution in [2.75, 3.05) is 6.29 Å². The molecular weight excluding hydrogens is 315 g/mol. The molecule has 0 heterocycles. The van der Waals surface area contributed by atoms with Gasteiger partial charge in [-0.2, -0.15) is 5.26 Å². The fourth-order valence-corrected chi connectivity index (χ4v) is 2.99. The Hall–Kier alpha value is -2.90. The zero-order valence-corrected chi connectivity index (χ0v) is 12.9. The summed E-state index contributed by atoms with van der Waals surface area (Å²) in [6.45, 7) is 0. The maximum Gasteiger partial charge on any atom is 0.452 e. The summed E-state index contributed by atoms with van der Waals surface area (Å²) in [7, 11) is -3.74. The molecule has 2 aromatic rings. The van der Waals surface area contributed by atoms with Gasteiger partial charge >= 0.3 is 7.60 Å². The van der Waals surface area contributed by atoms with Gasteiger partial charge in [-0.05, 0) is 24.3 Å². The van der Waals surface area contributed by atoms with Gasteiger partial charge in [0, 0.05) is 0 Å². The van der Waals surface area contributed by atoms with E-state index in [4.69, 9.17) is 14.3 Å². The van der Waals surface area contributed by atoms with Crippen molar-refractivity contribution in [3.05, 3.63) is 60.7 Å². The minimum Gasteiger partial charge on any atom is -0.415 e. The molecule has 0 bridgehead atoms. The van der Waals surface area contributed by atoms with Gasteiger partial charge in [0.2, 0.25) is 0 Å². The van der Waals surface area contributed by atoms with Gasteiger partial charge in [-0.25, -0.2) is 4.57 Å². The second-order valence-corrected chi connectivity index (χ2v) is 6.20. The number of aldehydes is 1. The van der Waals surface area contributed by atoms with Crippen molar-refractivity contribution in [1.29, 1.82) is 5.26 Å². The third-order valence-corrected chi connectivity index (χ3v) is 4.08. The molecule has 0 fully saturated rings. The van der Waals surface area contributed by atoms with Crippen LogP contribution in [0.5, 0.6) is 11.5 Å². The number of carbonyl (C=O) groups excluding carboxylic acids is 1. The quantitative estimate of drug-likeness (QED) is 0.441. The van der Waals surface area contributed by atoms with Gasteiger partial charge in [-0.1, -0.05) is 36.4 Å². The lowest BCUT2D eigenvalue weighted by Crippen LogP contribution is -2.06. The van der Waals surface area contributed by atoms with Crippen molar-refractivity contribution < 1.29 is 18.4 Å². The molecule has 0 N–H and O–H groups in total. The van der Waals surface area contributed by atoms with Crippen LogP contribution in [-0.2, 0) is 9.36 Å². The number of hydrogen-bond donors (Lipinski definition) is 0. The summed E-state index contributed by atoms with van der Waals surface area (Å²) in [5.74, 6) is 0.679. The van der Waals surface area contributed by atoms with Crippen molar-refractivity contribution in [1.82, 2.24) is 0 Å². The molecule has 0 aromatic heterocycles. The molecule has 0 aliphatic carbocycles. The smallest absolute Gasteiger partial charge is 0.415 e. The van der Waals surface area contributed by atoms with Crippen LogP contribution in [0.4, 0.5) is 0 Å². The van der Waals surface area contributed by atoms with Crippen LogP contribution >= 0.6 is 7.60 Å². The lowest BCUT2D eigenvalue weighted by Gasteiger charge is -2.18. The monoisotopic (exact) mass is 328 g/mol. The van der Waals surface area contributed by atoms with Gasteiger partial charge in [0.25, 0.3) is 0 Å². The zero-order valence-electron chi connectivity index (χ0n) is 12.0. The number of aliphatic imine (C=N–C) groups is 1. The first-order chi connectivity index (χ1) is 11.1. The molecule has 0 saturated heterocycles. The number of hydrogen-bond acceptors (Lipinski definition) is 6. The summed E-state index contributed by atoms with van der Waals surface area (Å²) in [6.07, 6.45) is -0.159. The summed E-state index contributed by atoms with van der Waals surface area (Å²) in [4.78, 5) is 14.3. The van der Waals surface area contributed by atoms with Gasteiger partial charge in [0.15, 0.2) is 18.3 Å². The van der Waals surface area contributed by atoms with Crippen LogP contribution in [0.3, 0.4) is 0 Å².